The van der Waals surface area contributed by atoms with Gasteiger partial charge in [-0.15, -0.1) is 0 Å². The van der Waals surface area contributed by atoms with E-state index in [9.17, 15) is 14.4 Å². The highest BCUT2D eigenvalue weighted by Crippen LogP contribution is 2.35. The van der Waals surface area contributed by atoms with Crippen molar-refractivity contribution >= 4 is 29.2 Å². The van der Waals surface area contributed by atoms with E-state index in [1.165, 1.54) is 0 Å². The Morgan fingerprint density at radius 1 is 1.21 bits per heavy atom. The summed E-state index contributed by atoms with van der Waals surface area (Å²) in [7, 11) is 1.67. The molecule has 1 saturated carbocycles. The second-order valence-electron chi connectivity index (χ2n) is 7.76. The molecule has 0 radical (unpaired) electrons. The lowest BCUT2D eigenvalue weighted by Crippen LogP contribution is -2.56. The zero-order chi connectivity index (χ0) is 20.1. The molecule has 28 heavy (non-hydrogen) atoms. The number of carbonyl (C=O) groups excluding carboxylic acids is 3. The standard InChI is InChI=1S/C21H27ClN2O4/c1-28-12-14-10-21(27)24-18-11-16(6-7-17(14)18)23-20(26)9-8-19(25)13-2-4-15(22)5-3-13/h2-5,14,16-18H,6-12H2,1H3,(H,23,26)(H,24,27). The molecule has 1 aliphatic carbocycles. The maximum atomic E-state index is 12.3. The quantitative estimate of drug-likeness (QED) is 0.682. The van der Waals surface area contributed by atoms with Crippen LogP contribution in [0.15, 0.2) is 24.3 Å². The first-order chi connectivity index (χ1) is 13.5. The highest BCUT2D eigenvalue weighted by Gasteiger charge is 2.40. The van der Waals surface area contributed by atoms with E-state index in [1.54, 1.807) is 31.4 Å². The number of hydrogen-bond acceptors (Lipinski definition) is 4. The van der Waals surface area contributed by atoms with Crippen molar-refractivity contribution in [1.82, 2.24) is 10.6 Å². The minimum Gasteiger partial charge on any atom is -0.384 e. The molecule has 1 heterocycles. The van der Waals surface area contributed by atoms with Crippen molar-refractivity contribution in [3.05, 3.63) is 34.9 Å². The number of ether oxygens (including phenoxy) is 1. The molecule has 0 aromatic heterocycles. The Labute approximate surface area is 170 Å². The Bertz CT molecular complexity index is 722. The summed E-state index contributed by atoms with van der Waals surface area (Å²) in [6, 6.07) is 6.79. The van der Waals surface area contributed by atoms with E-state index in [0.29, 0.717) is 29.5 Å². The van der Waals surface area contributed by atoms with Crippen molar-refractivity contribution in [2.24, 2.45) is 11.8 Å². The van der Waals surface area contributed by atoms with E-state index < -0.39 is 0 Å². The van der Waals surface area contributed by atoms with Crippen molar-refractivity contribution < 1.29 is 19.1 Å². The van der Waals surface area contributed by atoms with Crippen LogP contribution in [0.25, 0.3) is 0 Å². The number of Topliss-reactive ketones (excluding diaryl/α,β-unsaturated/α-hetero) is 1. The lowest BCUT2D eigenvalue weighted by atomic mass is 9.71. The van der Waals surface area contributed by atoms with Gasteiger partial charge >= 0.3 is 0 Å². The van der Waals surface area contributed by atoms with Crippen LogP contribution in [0.2, 0.25) is 5.02 Å². The lowest BCUT2D eigenvalue weighted by Gasteiger charge is -2.43. The summed E-state index contributed by atoms with van der Waals surface area (Å²) in [6.07, 6.45) is 3.40. The predicted molar refractivity (Wildman–Crippen MR) is 106 cm³/mol. The van der Waals surface area contributed by atoms with Gasteiger partial charge in [0.25, 0.3) is 0 Å². The number of methoxy groups -OCH3 is 1. The molecule has 152 valence electrons. The normalized spacial score (nSPS) is 26.9. The predicted octanol–water partition coefficient (Wildman–Crippen LogP) is 2.74. The van der Waals surface area contributed by atoms with E-state index in [2.05, 4.69) is 10.6 Å². The van der Waals surface area contributed by atoms with Crippen LogP contribution in [-0.2, 0) is 14.3 Å². The largest absolute Gasteiger partial charge is 0.384 e. The number of hydrogen-bond donors (Lipinski definition) is 2. The number of rotatable bonds is 7. The number of ketones is 1. The molecule has 2 aliphatic rings. The fourth-order valence-corrected chi connectivity index (χ4v) is 4.54. The van der Waals surface area contributed by atoms with Gasteiger partial charge in [0.15, 0.2) is 5.78 Å². The number of carbonyl (C=O) groups is 3. The third-order valence-corrected chi connectivity index (χ3v) is 6.05. The molecule has 2 amide bonds. The van der Waals surface area contributed by atoms with Gasteiger partial charge in [-0.3, -0.25) is 14.4 Å². The summed E-state index contributed by atoms with van der Waals surface area (Å²) in [6.45, 7) is 0.596. The van der Waals surface area contributed by atoms with Crippen molar-refractivity contribution in [2.45, 2.75) is 50.6 Å². The first kappa shape index (κ1) is 20.8. The van der Waals surface area contributed by atoms with Gasteiger partial charge in [0.1, 0.15) is 0 Å². The minimum absolute atomic E-state index is 0.0287. The minimum atomic E-state index is -0.124. The molecule has 6 nitrogen and oxygen atoms in total. The molecule has 0 bridgehead atoms. The van der Waals surface area contributed by atoms with Crippen LogP contribution in [0.3, 0.4) is 0 Å². The van der Waals surface area contributed by atoms with Crippen molar-refractivity contribution in [1.29, 1.82) is 0 Å². The number of benzene rings is 1. The summed E-state index contributed by atoms with van der Waals surface area (Å²) in [5.41, 5.74) is 0.562. The fourth-order valence-electron chi connectivity index (χ4n) is 4.41. The second kappa shape index (κ2) is 9.52. The Balaban J connectivity index is 1.46. The van der Waals surface area contributed by atoms with Crippen LogP contribution in [0.5, 0.6) is 0 Å². The van der Waals surface area contributed by atoms with Gasteiger partial charge in [-0.25, -0.2) is 0 Å². The molecule has 1 aliphatic heterocycles. The van der Waals surface area contributed by atoms with E-state index in [4.69, 9.17) is 16.3 Å². The molecule has 2 N–H and O–H groups in total. The highest BCUT2D eigenvalue weighted by molar-refractivity contribution is 6.30. The second-order valence-corrected chi connectivity index (χ2v) is 8.20. The van der Waals surface area contributed by atoms with Crippen LogP contribution in [0.4, 0.5) is 0 Å². The van der Waals surface area contributed by atoms with Crippen LogP contribution in [0.1, 0.15) is 48.9 Å². The van der Waals surface area contributed by atoms with E-state index in [1.807, 2.05) is 0 Å². The van der Waals surface area contributed by atoms with E-state index in [-0.39, 0.29) is 48.4 Å². The van der Waals surface area contributed by atoms with Crippen molar-refractivity contribution in [3.63, 3.8) is 0 Å². The number of amides is 2. The molecule has 2 fully saturated rings. The van der Waals surface area contributed by atoms with E-state index in [0.717, 1.165) is 19.3 Å². The van der Waals surface area contributed by atoms with Gasteiger partial charge in [-0.1, -0.05) is 11.6 Å². The zero-order valence-corrected chi connectivity index (χ0v) is 16.8. The molecule has 4 unspecified atom stereocenters. The van der Waals surface area contributed by atoms with Crippen LogP contribution < -0.4 is 10.6 Å². The van der Waals surface area contributed by atoms with Crippen molar-refractivity contribution in [3.8, 4) is 0 Å². The molecule has 4 atom stereocenters. The van der Waals surface area contributed by atoms with Gasteiger partial charge in [-0.2, -0.15) is 0 Å². The van der Waals surface area contributed by atoms with Gasteiger partial charge in [0, 0.05) is 55.6 Å². The maximum Gasteiger partial charge on any atom is 0.220 e. The Kier molecular flexibility index (Phi) is 7.08. The molecule has 0 spiro atoms. The fraction of sp³-hybridized carbons (Fsp3) is 0.571. The monoisotopic (exact) mass is 406 g/mol. The molecule has 1 aromatic carbocycles. The number of nitrogens with one attached hydrogen (secondary N) is 2. The van der Waals surface area contributed by atoms with Gasteiger partial charge in [0.05, 0.1) is 0 Å². The Morgan fingerprint density at radius 3 is 2.68 bits per heavy atom. The van der Waals surface area contributed by atoms with Crippen LogP contribution >= 0.6 is 11.6 Å². The lowest BCUT2D eigenvalue weighted by molar-refractivity contribution is -0.128. The first-order valence-corrected chi connectivity index (χ1v) is 10.2. The van der Waals surface area contributed by atoms with Crippen LogP contribution in [-0.4, -0.2) is 43.4 Å². The molecule has 1 saturated heterocycles. The SMILES string of the molecule is COCC1CC(=O)NC2CC(NC(=O)CCC(=O)c3ccc(Cl)cc3)CCC12. The smallest absolute Gasteiger partial charge is 0.220 e. The third-order valence-electron chi connectivity index (χ3n) is 5.79. The topological polar surface area (TPSA) is 84.5 Å². The van der Waals surface area contributed by atoms with Crippen LogP contribution in [0, 0.1) is 11.8 Å². The molecule has 7 heteroatoms. The zero-order valence-electron chi connectivity index (χ0n) is 16.1. The van der Waals surface area contributed by atoms with Crippen molar-refractivity contribution in [2.75, 3.05) is 13.7 Å². The van der Waals surface area contributed by atoms with Gasteiger partial charge < -0.3 is 15.4 Å². The summed E-state index contributed by atoms with van der Waals surface area (Å²) >= 11 is 5.83. The number of piperidine rings is 1. The highest BCUT2D eigenvalue weighted by atomic mass is 35.5. The number of fused-ring (bicyclic) bond motifs is 1. The molecule has 3 rings (SSSR count). The molecular weight excluding hydrogens is 380 g/mol. The average molecular weight is 407 g/mol. The molecule has 1 aromatic rings. The van der Waals surface area contributed by atoms with E-state index >= 15 is 0 Å². The summed E-state index contributed by atoms with van der Waals surface area (Å²) in [5, 5.41) is 6.69. The summed E-state index contributed by atoms with van der Waals surface area (Å²) < 4.78 is 5.28. The average Bonchev–Trinajstić information content (AvgIpc) is 2.66. The Hall–Kier alpha value is -1.92. The summed E-state index contributed by atoms with van der Waals surface area (Å²) in [5.74, 6) is 0.511. The van der Waals surface area contributed by atoms with Gasteiger partial charge in [-0.05, 0) is 55.4 Å². The molecular formula is C21H27ClN2O4. The van der Waals surface area contributed by atoms with Gasteiger partial charge in [0.2, 0.25) is 11.8 Å². The first-order valence-electron chi connectivity index (χ1n) is 9.82. The summed E-state index contributed by atoms with van der Waals surface area (Å²) in [4.78, 5) is 36.5. The third kappa shape index (κ3) is 5.32. The number of halogens is 1. The maximum absolute atomic E-state index is 12.3. The Morgan fingerprint density at radius 2 is 1.96 bits per heavy atom.